The van der Waals surface area contributed by atoms with Gasteiger partial charge in [0.15, 0.2) is 0 Å². The van der Waals surface area contributed by atoms with E-state index in [1.165, 1.54) is 0 Å². The molecule has 0 saturated carbocycles. The van der Waals surface area contributed by atoms with Gasteiger partial charge in [-0.05, 0) is 34.2 Å². The van der Waals surface area contributed by atoms with Crippen molar-refractivity contribution in [3.05, 3.63) is 83.9 Å². The van der Waals surface area contributed by atoms with Gasteiger partial charge in [-0.1, -0.05) is 86.6 Å². The molecule has 0 radical (unpaired) electrons. The van der Waals surface area contributed by atoms with Gasteiger partial charge >= 0.3 is 0 Å². The third-order valence-electron chi connectivity index (χ3n) is 5.88. The van der Waals surface area contributed by atoms with Gasteiger partial charge in [0.2, 0.25) is 17.7 Å². The van der Waals surface area contributed by atoms with Crippen LogP contribution in [0.1, 0.15) is 37.8 Å². The van der Waals surface area contributed by atoms with E-state index in [0.717, 1.165) is 21.9 Å². The Bertz CT molecular complexity index is 1150. The topological polar surface area (TPSA) is 108 Å². The number of nitrogens with one attached hydrogen (secondary N) is 3. The summed E-state index contributed by atoms with van der Waals surface area (Å²) < 4.78 is 0. The molecule has 3 aromatic carbocycles. The maximum Gasteiger partial charge on any atom is 0.244 e. The van der Waals surface area contributed by atoms with Crippen molar-refractivity contribution >= 4 is 28.5 Å². The molecular formula is C28H33N3O4. The lowest BCUT2D eigenvalue weighted by Gasteiger charge is -2.23. The fraction of sp³-hybridized carbons (Fsp3) is 0.321. The molecule has 0 aromatic heterocycles. The fourth-order valence-corrected chi connectivity index (χ4v) is 4.13. The highest BCUT2D eigenvalue weighted by molar-refractivity contribution is 5.91. The van der Waals surface area contributed by atoms with Crippen molar-refractivity contribution in [1.82, 2.24) is 16.1 Å². The predicted molar refractivity (Wildman–Crippen MR) is 135 cm³/mol. The quantitative estimate of drug-likeness (QED) is 0.250. The van der Waals surface area contributed by atoms with E-state index in [0.29, 0.717) is 19.4 Å². The smallest absolute Gasteiger partial charge is 0.244 e. The summed E-state index contributed by atoms with van der Waals surface area (Å²) in [7, 11) is 0. The molecular weight excluding hydrogens is 442 g/mol. The molecule has 4 N–H and O–H groups in total. The molecule has 2 atom stereocenters. The summed E-state index contributed by atoms with van der Waals surface area (Å²) in [4.78, 5) is 38.1. The molecule has 3 aromatic rings. The second-order valence-electron chi connectivity index (χ2n) is 9.22. The SMILES string of the molecule is CC(C)CC(CC(=O)NO)C(=O)N[C@@H](Cc1ccc2ccccc2c1)C(=O)NCc1ccccc1. The van der Waals surface area contributed by atoms with E-state index in [9.17, 15) is 14.4 Å². The lowest BCUT2D eigenvalue weighted by Crippen LogP contribution is -2.50. The van der Waals surface area contributed by atoms with Crippen molar-refractivity contribution in [3.63, 3.8) is 0 Å². The van der Waals surface area contributed by atoms with E-state index >= 15 is 0 Å². The molecule has 0 bridgehead atoms. The summed E-state index contributed by atoms with van der Waals surface area (Å²) in [6.07, 6.45) is 0.597. The van der Waals surface area contributed by atoms with Gasteiger partial charge < -0.3 is 10.6 Å². The van der Waals surface area contributed by atoms with Crippen LogP contribution < -0.4 is 16.1 Å². The Balaban J connectivity index is 1.79. The van der Waals surface area contributed by atoms with E-state index in [4.69, 9.17) is 5.21 Å². The van der Waals surface area contributed by atoms with Crippen molar-refractivity contribution in [3.8, 4) is 0 Å². The Labute approximate surface area is 205 Å². The van der Waals surface area contributed by atoms with Crippen LogP contribution in [0.5, 0.6) is 0 Å². The first-order chi connectivity index (χ1) is 16.9. The van der Waals surface area contributed by atoms with Crippen molar-refractivity contribution < 1.29 is 19.6 Å². The van der Waals surface area contributed by atoms with Gasteiger partial charge in [-0.15, -0.1) is 0 Å². The molecule has 0 aliphatic rings. The minimum absolute atomic E-state index is 0.156. The second-order valence-corrected chi connectivity index (χ2v) is 9.22. The zero-order valence-electron chi connectivity index (χ0n) is 20.2. The van der Waals surface area contributed by atoms with Gasteiger partial charge in [-0.2, -0.15) is 0 Å². The van der Waals surface area contributed by atoms with Crippen LogP contribution in [-0.2, 0) is 27.3 Å². The van der Waals surface area contributed by atoms with E-state index in [1.807, 2.05) is 86.6 Å². The standard InChI is InChI=1S/C28H33N3O4/c1-19(2)14-24(17-26(32)31-35)27(33)30-25(28(34)29-18-20-8-4-3-5-9-20)16-21-12-13-22-10-6-7-11-23(22)15-21/h3-13,15,19,24-25,35H,14,16-18H2,1-2H3,(H,29,34)(H,30,33)(H,31,32)/t24?,25-/m0/s1. The first kappa shape index (κ1) is 25.9. The average molecular weight is 476 g/mol. The Morgan fingerprint density at radius 1 is 0.829 bits per heavy atom. The number of carbonyl (C=O) groups excluding carboxylic acids is 3. The number of carbonyl (C=O) groups is 3. The van der Waals surface area contributed by atoms with E-state index in [-0.39, 0.29) is 24.2 Å². The Morgan fingerprint density at radius 3 is 2.20 bits per heavy atom. The fourth-order valence-electron chi connectivity index (χ4n) is 4.13. The molecule has 0 spiro atoms. The van der Waals surface area contributed by atoms with Crippen LogP contribution in [0.2, 0.25) is 0 Å². The van der Waals surface area contributed by atoms with Crippen molar-refractivity contribution in [2.24, 2.45) is 11.8 Å². The van der Waals surface area contributed by atoms with Crippen LogP contribution in [0, 0.1) is 11.8 Å². The molecule has 3 amide bonds. The highest BCUT2D eigenvalue weighted by Crippen LogP contribution is 2.19. The van der Waals surface area contributed by atoms with E-state index in [2.05, 4.69) is 10.6 Å². The number of hydrogen-bond acceptors (Lipinski definition) is 4. The largest absolute Gasteiger partial charge is 0.350 e. The molecule has 0 aliphatic heterocycles. The number of amides is 3. The van der Waals surface area contributed by atoms with E-state index in [1.54, 1.807) is 5.48 Å². The summed E-state index contributed by atoms with van der Waals surface area (Å²) >= 11 is 0. The number of benzene rings is 3. The monoisotopic (exact) mass is 475 g/mol. The van der Waals surface area contributed by atoms with Crippen molar-refractivity contribution in [1.29, 1.82) is 0 Å². The van der Waals surface area contributed by atoms with Crippen LogP contribution in [0.3, 0.4) is 0 Å². The lowest BCUT2D eigenvalue weighted by atomic mass is 9.92. The van der Waals surface area contributed by atoms with Crippen molar-refractivity contribution in [2.75, 3.05) is 0 Å². The third kappa shape index (κ3) is 7.93. The molecule has 184 valence electrons. The summed E-state index contributed by atoms with van der Waals surface area (Å²) in [5, 5.41) is 16.9. The summed E-state index contributed by atoms with van der Waals surface area (Å²) in [6.45, 7) is 4.25. The molecule has 7 nitrogen and oxygen atoms in total. The van der Waals surface area contributed by atoms with Crippen LogP contribution in [-0.4, -0.2) is 29.0 Å². The number of rotatable bonds is 11. The molecule has 0 heterocycles. The van der Waals surface area contributed by atoms with Gasteiger partial charge in [0.1, 0.15) is 6.04 Å². The van der Waals surface area contributed by atoms with Crippen LogP contribution in [0.15, 0.2) is 72.8 Å². The molecule has 35 heavy (non-hydrogen) atoms. The summed E-state index contributed by atoms with van der Waals surface area (Å²) in [5.41, 5.74) is 3.46. The number of hydrogen-bond donors (Lipinski definition) is 4. The summed E-state index contributed by atoms with van der Waals surface area (Å²) in [6, 6.07) is 22.7. The molecule has 0 saturated heterocycles. The normalized spacial score (nSPS) is 12.7. The second kappa shape index (κ2) is 12.7. The average Bonchev–Trinajstić information content (AvgIpc) is 2.86. The zero-order valence-corrected chi connectivity index (χ0v) is 20.2. The van der Waals surface area contributed by atoms with Crippen molar-refractivity contribution in [2.45, 2.75) is 45.7 Å². The third-order valence-corrected chi connectivity index (χ3v) is 5.88. The maximum absolute atomic E-state index is 13.2. The lowest BCUT2D eigenvalue weighted by molar-refractivity contribution is -0.136. The number of fused-ring (bicyclic) bond motifs is 1. The van der Waals surface area contributed by atoms with Gasteiger partial charge in [-0.3, -0.25) is 19.6 Å². The van der Waals surface area contributed by atoms with Crippen LogP contribution in [0.25, 0.3) is 10.8 Å². The Kier molecular flexibility index (Phi) is 9.38. The minimum Gasteiger partial charge on any atom is -0.350 e. The first-order valence-corrected chi connectivity index (χ1v) is 11.9. The van der Waals surface area contributed by atoms with Gasteiger partial charge in [0.05, 0.1) is 0 Å². The number of hydroxylamine groups is 1. The highest BCUT2D eigenvalue weighted by Gasteiger charge is 2.28. The molecule has 0 aliphatic carbocycles. The Morgan fingerprint density at radius 2 is 1.51 bits per heavy atom. The predicted octanol–water partition coefficient (Wildman–Crippen LogP) is 3.74. The Hall–Kier alpha value is -3.71. The molecule has 0 fully saturated rings. The molecule has 1 unspecified atom stereocenters. The van der Waals surface area contributed by atoms with Gasteiger partial charge in [0, 0.05) is 25.3 Å². The highest BCUT2D eigenvalue weighted by atomic mass is 16.5. The maximum atomic E-state index is 13.2. The summed E-state index contributed by atoms with van der Waals surface area (Å²) in [5.74, 6) is -1.83. The molecule has 3 rings (SSSR count). The zero-order chi connectivity index (χ0) is 25.2. The van der Waals surface area contributed by atoms with Crippen LogP contribution >= 0.6 is 0 Å². The van der Waals surface area contributed by atoms with Gasteiger partial charge in [-0.25, -0.2) is 5.48 Å². The first-order valence-electron chi connectivity index (χ1n) is 11.9. The van der Waals surface area contributed by atoms with Crippen LogP contribution in [0.4, 0.5) is 0 Å². The molecule has 7 heteroatoms. The van der Waals surface area contributed by atoms with E-state index < -0.39 is 17.9 Å². The minimum atomic E-state index is -0.820. The van der Waals surface area contributed by atoms with Gasteiger partial charge in [0.25, 0.3) is 0 Å².